The summed E-state index contributed by atoms with van der Waals surface area (Å²) in [6.07, 6.45) is 1.54. The molecule has 2 N–H and O–H groups in total. The molecule has 0 amide bonds. The number of rotatable bonds is 10. The zero-order valence-electron chi connectivity index (χ0n) is 11.6. The van der Waals surface area contributed by atoms with E-state index in [0.717, 1.165) is 5.69 Å². The first-order valence-electron chi connectivity index (χ1n) is 6.47. The van der Waals surface area contributed by atoms with E-state index in [1.165, 1.54) is 4.90 Å². The van der Waals surface area contributed by atoms with Crippen molar-refractivity contribution in [1.82, 2.24) is 0 Å². The first kappa shape index (κ1) is 16.3. The Hall–Kier alpha value is -0.750. The number of nitrogens with one attached hydrogen (secondary N) is 1. The van der Waals surface area contributed by atoms with Gasteiger partial charge in [-0.25, -0.2) is 0 Å². The van der Waals surface area contributed by atoms with Crippen LogP contribution in [0.5, 0.6) is 0 Å². The molecule has 5 heteroatoms. The highest BCUT2D eigenvalue weighted by atomic mass is 32.2. The van der Waals surface area contributed by atoms with Crippen molar-refractivity contribution in [2.24, 2.45) is 0 Å². The third-order valence-electron chi connectivity index (χ3n) is 2.52. The van der Waals surface area contributed by atoms with Crippen LogP contribution in [0.3, 0.4) is 0 Å². The second-order valence-corrected chi connectivity index (χ2v) is 4.91. The lowest BCUT2D eigenvalue weighted by Crippen LogP contribution is -2.25. The lowest BCUT2D eigenvalue weighted by Gasteiger charge is -2.13. The van der Waals surface area contributed by atoms with Gasteiger partial charge in [0, 0.05) is 23.7 Å². The lowest BCUT2D eigenvalue weighted by molar-refractivity contribution is 0.0103. The Labute approximate surface area is 119 Å². The minimum atomic E-state index is -0.512. The van der Waals surface area contributed by atoms with Crippen LogP contribution in [0.25, 0.3) is 0 Å². The Morgan fingerprint density at radius 1 is 1.21 bits per heavy atom. The van der Waals surface area contributed by atoms with Crippen molar-refractivity contribution in [3.05, 3.63) is 24.3 Å². The molecule has 1 aromatic rings. The largest absolute Gasteiger partial charge is 0.389 e. The second-order valence-electron chi connectivity index (χ2n) is 4.04. The predicted molar refractivity (Wildman–Crippen MR) is 80.0 cm³/mol. The number of benzene rings is 1. The molecule has 0 aliphatic heterocycles. The number of hydrogen-bond acceptors (Lipinski definition) is 5. The zero-order chi connectivity index (χ0) is 13.9. The van der Waals surface area contributed by atoms with E-state index in [1.54, 1.807) is 11.8 Å². The summed E-state index contributed by atoms with van der Waals surface area (Å²) in [5.41, 5.74) is 1.01. The fraction of sp³-hybridized carbons (Fsp3) is 0.571. The third-order valence-corrected chi connectivity index (χ3v) is 3.26. The van der Waals surface area contributed by atoms with Crippen molar-refractivity contribution in [3.63, 3.8) is 0 Å². The third kappa shape index (κ3) is 7.42. The van der Waals surface area contributed by atoms with Gasteiger partial charge in [0.05, 0.1) is 25.9 Å². The average Bonchev–Trinajstić information content (AvgIpc) is 2.45. The topological polar surface area (TPSA) is 50.7 Å². The van der Waals surface area contributed by atoms with Gasteiger partial charge in [-0.1, -0.05) is 0 Å². The van der Waals surface area contributed by atoms with Gasteiger partial charge in [0.2, 0.25) is 0 Å². The van der Waals surface area contributed by atoms with Crippen molar-refractivity contribution in [2.45, 2.75) is 17.9 Å². The van der Waals surface area contributed by atoms with Gasteiger partial charge in [0.15, 0.2) is 0 Å². The maximum absolute atomic E-state index is 9.74. The Morgan fingerprint density at radius 2 is 1.89 bits per heavy atom. The molecule has 1 atom stereocenters. The average molecular weight is 285 g/mol. The number of aliphatic hydroxyl groups excluding tert-OH is 1. The molecule has 0 radical (unpaired) electrons. The van der Waals surface area contributed by atoms with Crippen LogP contribution in [-0.4, -0.2) is 50.4 Å². The number of aliphatic hydroxyl groups is 1. The summed E-state index contributed by atoms with van der Waals surface area (Å²) in [5, 5.41) is 12.9. The normalized spacial score (nSPS) is 12.4. The molecule has 0 bridgehead atoms. The van der Waals surface area contributed by atoms with E-state index in [0.29, 0.717) is 33.0 Å². The molecular weight excluding hydrogens is 262 g/mol. The van der Waals surface area contributed by atoms with E-state index in [1.807, 2.05) is 25.3 Å². The van der Waals surface area contributed by atoms with Crippen LogP contribution in [0, 0.1) is 0 Å². The highest BCUT2D eigenvalue weighted by molar-refractivity contribution is 7.98. The molecule has 0 aliphatic rings. The first-order chi connectivity index (χ1) is 9.26. The Balaban J connectivity index is 2.13. The molecule has 4 nitrogen and oxygen atoms in total. The summed E-state index contributed by atoms with van der Waals surface area (Å²) in [4.78, 5) is 1.23. The lowest BCUT2D eigenvalue weighted by atomic mass is 10.3. The van der Waals surface area contributed by atoms with Gasteiger partial charge in [0.1, 0.15) is 0 Å². The van der Waals surface area contributed by atoms with Gasteiger partial charge in [-0.2, -0.15) is 0 Å². The Bertz CT molecular complexity index is 332. The van der Waals surface area contributed by atoms with E-state index in [9.17, 15) is 5.11 Å². The number of ether oxygens (including phenoxy) is 2. The Kier molecular flexibility index (Phi) is 8.66. The monoisotopic (exact) mass is 285 g/mol. The summed E-state index contributed by atoms with van der Waals surface area (Å²) >= 11 is 1.71. The van der Waals surface area contributed by atoms with Crippen molar-refractivity contribution in [1.29, 1.82) is 0 Å². The quantitative estimate of drug-likeness (QED) is 0.510. The van der Waals surface area contributed by atoms with Crippen molar-refractivity contribution in [3.8, 4) is 0 Å². The van der Waals surface area contributed by atoms with Crippen molar-refractivity contribution in [2.75, 3.05) is 44.5 Å². The summed E-state index contributed by atoms with van der Waals surface area (Å²) < 4.78 is 10.4. The fourth-order valence-electron chi connectivity index (χ4n) is 1.49. The molecule has 0 saturated carbocycles. The zero-order valence-corrected chi connectivity index (χ0v) is 12.4. The van der Waals surface area contributed by atoms with Crippen LogP contribution in [-0.2, 0) is 9.47 Å². The van der Waals surface area contributed by atoms with Crippen LogP contribution in [0.2, 0.25) is 0 Å². The van der Waals surface area contributed by atoms with Crippen molar-refractivity contribution < 1.29 is 14.6 Å². The summed E-state index contributed by atoms with van der Waals surface area (Å²) in [5.74, 6) is 0. The second kappa shape index (κ2) is 10.1. The Morgan fingerprint density at radius 3 is 2.53 bits per heavy atom. The SMILES string of the molecule is CCOCCOCC(O)CNc1ccc(SC)cc1. The smallest absolute Gasteiger partial charge is 0.0945 e. The molecule has 0 aliphatic carbocycles. The standard InChI is InChI=1S/C14H23NO3S/c1-3-17-8-9-18-11-13(16)10-15-12-4-6-14(19-2)7-5-12/h4-7,13,15-16H,3,8-11H2,1-2H3. The maximum atomic E-state index is 9.74. The summed E-state index contributed by atoms with van der Waals surface area (Å²) in [6.45, 7) is 4.54. The first-order valence-corrected chi connectivity index (χ1v) is 7.70. The number of hydrogen-bond donors (Lipinski definition) is 2. The molecule has 0 spiro atoms. The number of anilines is 1. The fourth-order valence-corrected chi connectivity index (χ4v) is 1.89. The number of thioether (sulfide) groups is 1. The molecule has 108 valence electrons. The van der Waals surface area contributed by atoms with Crippen molar-refractivity contribution >= 4 is 17.4 Å². The molecule has 1 rings (SSSR count). The molecule has 0 aromatic heterocycles. The van der Waals surface area contributed by atoms with E-state index in [2.05, 4.69) is 17.4 Å². The predicted octanol–water partition coefficient (Wildman–Crippen LogP) is 2.23. The summed E-state index contributed by atoms with van der Waals surface area (Å²) in [6, 6.07) is 8.12. The van der Waals surface area contributed by atoms with Gasteiger partial charge in [-0.05, 0) is 37.4 Å². The van der Waals surface area contributed by atoms with Crippen LogP contribution >= 0.6 is 11.8 Å². The highest BCUT2D eigenvalue weighted by Crippen LogP contribution is 2.17. The summed E-state index contributed by atoms with van der Waals surface area (Å²) in [7, 11) is 0. The van der Waals surface area contributed by atoms with Gasteiger partial charge in [-0.15, -0.1) is 11.8 Å². The highest BCUT2D eigenvalue weighted by Gasteiger charge is 2.04. The van der Waals surface area contributed by atoms with Gasteiger partial charge < -0.3 is 19.9 Å². The van der Waals surface area contributed by atoms with E-state index in [-0.39, 0.29) is 0 Å². The van der Waals surface area contributed by atoms with Crippen LogP contribution in [0.4, 0.5) is 5.69 Å². The molecule has 19 heavy (non-hydrogen) atoms. The molecule has 1 aromatic carbocycles. The van der Waals surface area contributed by atoms with Crippen LogP contribution in [0.15, 0.2) is 29.2 Å². The minimum absolute atomic E-state index is 0.322. The molecule has 0 saturated heterocycles. The van der Waals surface area contributed by atoms with E-state index >= 15 is 0 Å². The van der Waals surface area contributed by atoms with Crippen LogP contribution < -0.4 is 5.32 Å². The van der Waals surface area contributed by atoms with Crippen LogP contribution in [0.1, 0.15) is 6.92 Å². The van der Waals surface area contributed by atoms with E-state index < -0.39 is 6.10 Å². The van der Waals surface area contributed by atoms with E-state index in [4.69, 9.17) is 9.47 Å². The molecule has 0 fully saturated rings. The van der Waals surface area contributed by atoms with Gasteiger partial charge in [-0.3, -0.25) is 0 Å². The van der Waals surface area contributed by atoms with Gasteiger partial charge >= 0.3 is 0 Å². The van der Waals surface area contributed by atoms with Gasteiger partial charge in [0.25, 0.3) is 0 Å². The molecule has 0 heterocycles. The molecule has 1 unspecified atom stereocenters. The molecular formula is C14H23NO3S. The maximum Gasteiger partial charge on any atom is 0.0945 e. The minimum Gasteiger partial charge on any atom is -0.389 e.